The number of rotatable bonds is 1. The number of carbonyl (C=O) groups is 1. The van der Waals surface area contributed by atoms with Crippen molar-refractivity contribution in [2.24, 2.45) is 0 Å². The summed E-state index contributed by atoms with van der Waals surface area (Å²) in [6.07, 6.45) is 1.48. The number of aromatic nitrogens is 3. The van der Waals surface area contributed by atoms with E-state index in [2.05, 4.69) is 15.4 Å². The highest BCUT2D eigenvalue weighted by molar-refractivity contribution is 5.95. The molecule has 1 aliphatic rings. The standard InChI is InChI=1S/C9H12N4O/c1-5-8(7(3)14)6(2)13-9(12-5)10-4-11-13/h4,6H,1-3H3,(H,10,11,12)/t6-/m1/s1. The van der Waals surface area contributed by atoms with E-state index in [1.54, 1.807) is 11.6 Å². The minimum atomic E-state index is -0.0359. The Bertz CT molecular complexity index is 418. The second-order valence-corrected chi connectivity index (χ2v) is 3.42. The van der Waals surface area contributed by atoms with Gasteiger partial charge in [-0.25, -0.2) is 4.68 Å². The van der Waals surface area contributed by atoms with Crippen LogP contribution in [0.4, 0.5) is 5.95 Å². The molecule has 0 amide bonds. The van der Waals surface area contributed by atoms with Gasteiger partial charge in [0, 0.05) is 11.3 Å². The second kappa shape index (κ2) is 2.94. The summed E-state index contributed by atoms with van der Waals surface area (Å²) in [5, 5.41) is 7.11. The summed E-state index contributed by atoms with van der Waals surface area (Å²) < 4.78 is 1.71. The van der Waals surface area contributed by atoms with Gasteiger partial charge >= 0.3 is 0 Å². The van der Waals surface area contributed by atoms with E-state index in [0.29, 0.717) is 5.95 Å². The van der Waals surface area contributed by atoms with Crippen molar-refractivity contribution in [3.05, 3.63) is 17.6 Å². The first-order valence-electron chi connectivity index (χ1n) is 4.49. The maximum absolute atomic E-state index is 11.4. The van der Waals surface area contributed by atoms with Crippen LogP contribution in [0.25, 0.3) is 0 Å². The smallest absolute Gasteiger partial charge is 0.225 e. The van der Waals surface area contributed by atoms with E-state index in [1.807, 2.05) is 13.8 Å². The first kappa shape index (κ1) is 8.93. The fraction of sp³-hybridized carbons (Fsp3) is 0.444. The molecule has 1 atom stereocenters. The van der Waals surface area contributed by atoms with Crippen molar-refractivity contribution in [3.63, 3.8) is 0 Å². The van der Waals surface area contributed by atoms with E-state index in [1.165, 1.54) is 6.33 Å². The summed E-state index contributed by atoms with van der Waals surface area (Å²) in [6, 6.07) is -0.0359. The zero-order valence-electron chi connectivity index (χ0n) is 8.40. The van der Waals surface area contributed by atoms with Crippen LogP contribution in [0.1, 0.15) is 26.8 Å². The van der Waals surface area contributed by atoms with E-state index in [0.717, 1.165) is 11.3 Å². The Morgan fingerprint density at radius 1 is 1.64 bits per heavy atom. The van der Waals surface area contributed by atoms with Gasteiger partial charge in [0.1, 0.15) is 6.33 Å². The molecule has 1 N–H and O–H groups in total. The van der Waals surface area contributed by atoms with Crippen LogP contribution < -0.4 is 5.32 Å². The molecule has 0 bridgehead atoms. The number of anilines is 1. The SMILES string of the molecule is CC(=O)C1=C(C)Nc2ncnn2[C@@H]1C. The minimum Gasteiger partial charge on any atom is -0.328 e. The summed E-state index contributed by atoms with van der Waals surface area (Å²) in [7, 11) is 0. The lowest BCUT2D eigenvalue weighted by Crippen LogP contribution is -2.24. The number of allylic oxidation sites excluding steroid dienone is 2. The van der Waals surface area contributed by atoms with E-state index in [-0.39, 0.29) is 11.8 Å². The molecule has 2 heterocycles. The van der Waals surface area contributed by atoms with E-state index >= 15 is 0 Å². The molecule has 0 aromatic carbocycles. The molecular formula is C9H12N4O. The number of fused-ring (bicyclic) bond motifs is 1. The van der Waals surface area contributed by atoms with Crippen LogP contribution >= 0.6 is 0 Å². The highest BCUT2D eigenvalue weighted by Gasteiger charge is 2.26. The van der Waals surface area contributed by atoms with Crippen molar-refractivity contribution in [1.82, 2.24) is 14.8 Å². The normalized spacial score (nSPS) is 20.4. The summed E-state index contributed by atoms with van der Waals surface area (Å²) in [6.45, 7) is 5.39. The molecule has 0 saturated heterocycles. The van der Waals surface area contributed by atoms with Crippen molar-refractivity contribution < 1.29 is 4.79 Å². The molecule has 14 heavy (non-hydrogen) atoms. The summed E-state index contributed by atoms with van der Waals surface area (Å²) in [5.41, 5.74) is 1.63. The summed E-state index contributed by atoms with van der Waals surface area (Å²) in [5.74, 6) is 0.767. The molecule has 74 valence electrons. The van der Waals surface area contributed by atoms with Crippen LogP contribution in [0.3, 0.4) is 0 Å². The third kappa shape index (κ3) is 1.13. The largest absolute Gasteiger partial charge is 0.328 e. The van der Waals surface area contributed by atoms with Crippen LogP contribution in [0, 0.1) is 0 Å². The molecule has 0 spiro atoms. The lowest BCUT2D eigenvalue weighted by Gasteiger charge is -2.24. The number of nitrogens with zero attached hydrogens (tertiary/aromatic N) is 3. The second-order valence-electron chi connectivity index (χ2n) is 3.42. The first-order chi connectivity index (χ1) is 6.61. The average molecular weight is 192 g/mol. The Hall–Kier alpha value is -1.65. The molecule has 1 aromatic heterocycles. The molecule has 2 rings (SSSR count). The molecule has 5 nitrogen and oxygen atoms in total. The highest BCUT2D eigenvalue weighted by Crippen LogP contribution is 2.28. The van der Waals surface area contributed by atoms with Crippen LogP contribution in [-0.2, 0) is 4.79 Å². The van der Waals surface area contributed by atoms with Gasteiger partial charge in [-0.3, -0.25) is 4.79 Å². The molecule has 5 heteroatoms. The van der Waals surface area contributed by atoms with E-state index in [9.17, 15) is 4.79 Å². The zero-order valence-corrected chi connectivity index (χ0v) is 8.40. The molecule has 0 unspecified atom stereocenters. The zero-order chi connectivity index (χ0) is 10.3. The van der Waals surface area contributed by atoms with Gasteiger partial charge in [-0.15, -0.1) is 0 Å². The molecular weight excluding hydrogens is 180 g/mol. The van der Waals surface area contributed by atoms with Crippen LogP contribution in [0.15, 0.2) is 17.6 Å². The number of Topliss-reactive ketones (excluding diaryl/α,β-unsaturated/α-hetero) is 1. The van der Waals surface area contributed by atoms with Gasteiger partial charge in [0.15, 0.2) is 5.78 Å². The lowest BCUT2D eigenvalue weighted by molar-refractivity contribution is -0.114. The van der Waals surface area contributed by atoms with Gasteiger partial charge in [0.25, 0.3) is 0 Å². The van der Waals surface area contributed by atoms with E-state index < -0.39 is 0 Å². The van der Waals surface area contributed by atoms with Crippen molar-refractivity contribution in [2.75, 3.05) is 5.32 Å². The Morgan fingerprint density at radius 3 is 3.00 bits per heavy atom. The predicted molar refractivity (Wildman–Crippen MR) is 51.7 cm³/mol. The fourth-order valence-electron chi connectivity index (χ4n) is 1.85. The van der Waals surface area contributed by atoms with Crippen molar-refractivity contribution in [2.45, 2.75) is 26.8 Å². The van der Waals surface area contributed by atoms with Gasteiger partial charge in [0.2, 0.25) is 5.95 Å². The highest BCUT2D eigenvalue weighted by atomic mass is 16.1. The van der Waals surface area contributed by atoms with Gasteiger partial charge in [-0.05, 0) is 20.8 Å². The third-order valence-electron chi connectivity index (χ3n) is 2.44. The van der Waals surface area contributed by atoms with Gasteiger partial charge in [-0.2, -0.15) is 10.1 Å². The topological polar surface area (TPSA) is 59.8 Å². The third-order valence-corrected chi connectivity index (χ3v) is 2.44. The molecule has 0 fully saturated rings. The summed E-state index contributed by atoms with van der Waals surface area (Å²) >= 11 is 0. The van der Waals surface area contributed by atoms with Crippen molar-refractivity contribution >= 4 is 11.7 Å². The molecule has 0 aliphatic carbocycles. The van der Waals surface area contributed by atoms with Crippen LogP contribution in [0.2, 0.25) is 0 Å². The van der Waals surface area contributed by atoms with Gasteiger partial charge in [0.05, 0.1) is 6.04 Å². The Labute approximate surface area is 81.8 Å². The average Bonchev–Trinajstić information content (AvgIpc) is 2.50. The molecule has 0 saturated carbocycles. The Morgan fingerprint density at radius 2 is 2.36 bits per heavy atom. The molecule has 1 aromatic rings. The maximum atomic E-state index is 11.4. The van der Waals surface area contributed by atoms with Gasteiger partial charge < -0.3 is 5.32 Å². The molecule has 1 aliphatic heterocycles. The monoisotopic (exact) mass is 192 g/mol. The van der Waals surface area contributed by atoms with Crippen LogP contribution in [-0.4, -0.2) is 20.5 Å². The van der Waals surface area contributed by atoms with Crippen molar-refractivity contribution in [1.29, 1.82) is 0 Å². The predicted octanol–water partition coefficient (Wildman–Crippen LogP) is 1.13. The Kier molecular flexibility index (Phi) is 1.87. The summed E-state index contributed by atoms with van der Waals surface area (Å²) in [4.78, 5) is 15.4. The van der Waals surface area contributed by atoms with Crippen LogP contribution in [0.5, 0.6) is 0 Å². The van der Waals surface area contributed by atoms with Gasteiger partial charge in [-0.1, -0.05) is 0 Å². The lowest BCUT2D eigenvalue weighted by atomic mass is 10.0. The molecule has 0 radical (unpaired) electrons. The minimum absolute atomic E-state index is 0.0359. The number of carbonyl (C=O) groups excluding carboxylic acids is 1. The number of hydrogen-bond acceptors (Lipinski definition) is 4. The van der Waals surface area contributed by atoms with E-state index in [4.69, 9.17) is 0 Å². The van der Waals surface area contributed by atoms with Crippen molar-refractivity contribution in [3.8, 4) is 0 Å². The quantitative estimate of drug-likeness (QED) is 0.724. The number of nitrogens with one attached hydrogen (secondary N) is 1. The Balaban J connectivity index is 2.50. The first-order valence-corrected chi connectivity index (χ1v) is 4.49. The number of ketones is 1. The maximum Gasteiger partial charge on any atom is 0.225 e. The fourth-order valence-corrected chi connectivity index (χ4v) is 1.85. The number of hydrogen-bond donors (Lipinski definition) is 1.